The fraction of sp³-hybridized carbons (Fsp3) is 0.190. The second-order valence-corrected chi connectivity index (χ2v) is 5.12. The molecule has 4 nitrogen and oxygen atoms in total. The van der Waals surface area contributed by atoms with Crippen molar-refractivity contribution in [2.75, 3.05) is 21.3 Å². The minimum Gasteiger partial charge on any atom is -0.493 e. The van der Waals surface area contributed by atoms with E-state index in [0.29, 0.717) is 17.1 Å². The van der Waals surface area contributed by atoms with Crippen molar-refractivity contribution in [3.05, 3.63) is 65.2 Å². The summed E-state index contributed by atoms with van der Waals surface area (Å²) in [5.41, 5.74) is 2.21. The number of rotatable bonds is 5. The Bertz CT molecular complexity index is 811. The van der Waals surface area contributed by atoms with Crippen molar-refractivity contribution in [1.29, 1.82) is 0 Å². The molecule has 0 fully saturated rings. The van der Waals surface area contributed by atoms with Gasteiger partial charge in [-0.15, -0.1) is 0 Å². The molecular weight excluding hydrogens is 316 g/mol. The SMILES string of the molecule is COC(=O)/C(=C/c1ccccc1)CC#Cc1ccc(OC)c(OC)c1. The van der Waals surface area contributed by atoms with E-state index in [4.69, 9.17) is 14.2 Å². The maximum atomic E-state index is 11.9. The van der Waals surface area contributed by atoms with Crippen LogP contribution in [0.15, 0.2) is 54.1 Å². The summed E-state index contributed by atoms with van der Waals surface area (Å²) in [4.78, 5) is 11.9. The molecule has 0 aliphatic heterocycles. The molecule has 0 aromatic heterocycles. The molecule has 0 radical (unpaired) electrons. The summed E-state index contributed by atoms with van der Waals surface area (Å²) in [6.07, 6.45) is 2.07. The summed E-state index contributed by atoms with van der Waals surface area (Å²) in [5.74, 6) is 6.92. The molecule has 0 unspecified atom stereocenters. The zero-order valence-electron chi connectivity index (χ0n) is 14.5. The van der Waals surface area contributed by atoms with E-state index in [0.717, 1.165) is 11.1 Å². The van der Waals surface area contributed by atoms with E-state index in [2.05, 4.69) is 11.8 Å². The number of esters is 1. The van der Waals surface area contributed by atoms with Crippen molar-refractivity contribution < 1.29 is 19.0 Å². The maximum Gasteiger partial charge on any atom is 0.334 e. The fourth-order valence-corrected chi connectivity index (χ4v) is 2.22. The van der Waals surface area contributed by atoms with Gasteiger partial charge in [-0.2, -0.15) is 0 Å². The van der Waals surface area contributed by atoms with Crippen LogP contribution in [-0.4, -0.2) is 27.3 Å². The van der Waals surface area contributed by atoms with E-state index in [1.165, 1.54) is 7.11 Å². The van der Waals surface area contributed by atoms with Crippen LogP contribution < -0.4 is 9.47 Å². The molecule has 0 amide bonds. The molecule has 2 rings (SSSR count). The minimum atomic E-state index is -0.384. The smallest absolute Gasteiger partial charge is 0.334 e. The molecule has 25 heavy (non-hydrogen) atoms. The molecule has 0 aliphatic carbocycles. The molecule has 0 spiro atoms. The Hall–Kier alpha value is -3.19. The highest BCUT2D eigenvalue weighted by Crippen LogP contribution is 2.27. The van der Waals surface area contributed by atoms with Gasteiger partial charge in [0.1, 0.15) is 0 Å². The van der Waals surface area contributed by atoms with E-state index in [1.807, 2.05) is 36.4 Å². The van der Waals surface area contributed by atoms with Gasteiger partial charge in [0.25, 0.3) is 0 Å². The molecule has 128 valence electrons. The Morgan fingerprint density at radius 3 is 2.36 bits per heavy atom. The lowest BCUT2D eigenvalue weighted by atomic mass is 10.1. The average molecular weight is 336 g/mol. The second kappa shape index (κ2) is 9.19. The number of carbonyl (C=O) groups is 1. The van der Waals surface area contributed by atoms with E-state index in [9.17, 15) is 4.79 Å². The summed E-state index contributed by atoms with van der Waals surface area (Å²) in [6, 6.07) is 15.0. The van der Waals surface area contributed by atoms with Crippen molar-refractivity contribution in [2.45, 2.75) is 6.42 Å². The Morgan fingerprint density at radius 2 is 1.72 bits per heavy atom. The molecule has 4 heteroatoms. The highest BCUT2D eigenvalue weighted by atomic mass is 16.5. The summed E-state index contributed by atoms with van der Waals surface area (Å²) in [7, 11) is 4.52. The van der Waals surface area contributed by atoms with Crippen LogP contribution in [0.2, 0.25) is 0 Å². The number of hydrogen-bond acceptors (Lipinski definition) is 4. The van der Waals surface area contributed by atoms with Crippen LogP contribution in [0, 0.1) is 11.8 Å². The molecule has 0 saturated heterocycles. The first kappa shape index (κ1) is 18.2. The van der Waals surface area contributed by atoms with Crippen molar-refractivity contribution >= 4 is 12.0 Å². The van der Waals surface area contributed by atoms with E-state index in [1.54, 1.807) is 32.4 Å². The van der Waals surface area contributed by atoms with Crippen molar-refractivity contribution in [3.63, 3.8) is 0 Å². The predicted octanol–water partition coefficient (Wildman–Crippen LogP) is 3.70. The van der Waals surface area contributed by atoms with Gasteiger partial charge < -0.3 is 14.2 Å². The van der Waals surface area contributed by atoms with Crippen molar-refractivity contribution in [3.8, 4) is 23.3 Å². The molecule has 0 atom stereocenters. The Morgan fingerprint density at radius 1 is 1.00 bits per heavy atom. The summed E-state index contributed by atoms with van der Waals surface area (Å²) in [6.45, 7) is 0. The summed E-state index contributed by atoms with van der Waals surface area (Å²) in [5, 5.41) is 0. The Balaban J connectivity index is 2.21. The van der Waals surface area contributed by atoms with Crippen LogP contribution in [0.1, 0.15) is 17.5 Å². The van der Waals surface area contributed by atoms with Crippen molar-refractivity contribution in [2.24, 2.45) is 0 Å². The van der Waals surface area contributed by atoms with Crippen LogP contribution in [0.3, 0.4) is 0 Å². The number of ether oxygens (including phenoxy) is 3. The summed E-state index contributed by atoms with van der Waals surface area (Å²) >= 11 is 0. The van der Waals surface area contributed by atoms with Gasteiger partial charge in [0.15, 0.2) is 11.5 Å². The fourth-order valence-electron chi connectivity index (χ4n) is 2.22. The van der Waals surface area contributed by atoms with Gasteiger partial charge in [0, 0.05) is 17.6 Å². The molecule has 0 N–H and O–H groups in total. The minimum absolute atomic E-state index is 0.288. The third kappa shape index (κ3) is 5.15. The lowest BCUT2D eigenvalue weighted by Gasteiger charge is -2.06. The Labute approximate surface area is 148 Å². The summed E-state index contributed by atoms with van der Waals surface area (Å²) < 4.78 is 15.3. The van der Waals surface area contributed by atoms with E-state index >= 15 is 0 Å². The molecule has 0 aliphatic rings. The van der Waals surface area contributed by atoms with Gasteiger partial charge in [0.2, 0.25) is 0 Å². The van der Waals surface area contributed by atoms with Crippen molar-refractivity contribution in [1.82, 2.24) is 0 Å². The van der Waals surface area contributed by atoms with Crippen LogP contribution in [0.25, 0.3) is 6.08 Å². The zero-order valence-corrected chi connectivity index (χ0v) is 14.5. The largest absolute Gasteiger partial charge is 0.493 e. The number of methoxy groups -OCH3 is 3. The lowest BCUT2D eigenvalue weighted by Crippen LogP contribution is -2.04. The average Bonchev–Trinajstić information content (AvgIpc) is 2.67. The highest BCUT2D eigenvalue weighted by molar-refractivity contribution is 5.94. The molecule has 2 aromatic rings. The van der Waals surface area contributed by atoms with E-state index in [-0.39, 0.29) is 12.4 Å². The molecular formula is C21H20O4. The van der Waals surface area contributed by atoms with Gasteiger partial charge in [-0.25, -0.2) is 4.79 Å². The van der Waals surface area contributed by atoms with Crippen LogP contribution in [0.5, 0.6) is 11.5 Å². The maximum absolute atomic E-state index is 11.9. The number of carbonyl (C=O) groups excluding carboxylic acids is 1. The standard InChI is InChI=1S/C21H20O4/c1-23-19-13-12-17(15-20(19)24-2)10-7-11-18(21(22)25-3)14-16-8-5-4-6-9-16/h4-6,8-9,12-15H,11H2,1-3H3/b18-14+. The van der Waals surface area contributed by atoms with Crippen LogP contribution >= 0.6 is 0 Å². The first-order valence-corrected chi connectivity index (χ1v) is 7.72. The van der Waals surface area contributed by atoms with Gasteiger partial charge in [-0.05, 0) is 29.8 Å². The van der Waals surface area contributed by atoms with Crippen LogP contribution in [-0.2, 0) is 9.53 Å². The molecule has 0 saturated carbocycles. The Kier molecular flexibility index (Phi) is 6.67. The highest BCUT2D eigenvalue weighted by Gasteiger charge is 2.08. The predicted molar refractivity (Wildman–Crippen MR) is 97.5 cm³/mol. The first-order chi connectivity index (χ1) is 12.2. The van der Waals surface area contributed by atoms with E-state index < -0.39 is 0 Å². The zero-order chi connectivity index (χ0) is 18.1. The third-order valence-corrected chi connectivity index (χ3v) is 3.48. The monoisotopic (exact) mass is 336 g/mol. The quantitative estimate of drug-likeness (QED) is 0.474. The third-order valence-electron chi connectivity index (χ3n) is 3.48. The topological polar surface area (TPSA) is 44.8 Å². The normalized spacial score (nSPS) is 10.4. The van der Waals surface area contributed by atoms with Gasteiger partial charge in [-0.1, -0.05) is 42.2 Å². The van der Waals surface area contributed by atoms with Gasteiger partial charge in [0.05, 0.1) is 21.3 Å². The van der Waals surface area contributed by atoms with Gasteiger partial charge >= 0.3 is 5.97 Å². The van der Waals surface area contributed by atoms with Gasteiger partial charge in [-0.3, -0.25) is 0 Å². The number of benzene rings is 2. The molecule has 0 heterocycles. The lowest BCUT2D eigenvalue weighted by molar-refractivity contribution is -0.136. The van der Waals surface area contributed by atoms with Crippen LogP contribution in [0.4, 0.5) is 0 Å². The first-order valence-electron chi connectivity index (χ1n) is 7.72. The molecule has 0 bridgehead atoms. The molecule has 2 aromatic carbocycles. The number of hydrogen-bond donors (Lipinski definition) is 0. The second-order valence-electron chi connectivity index (χ2n) is 5.12.